The topological polar surface area (TPSA) is 0 Å². The van der Waals surface area contributed by atoms with Crippen LogP contribution in [0.1, 0.15) is 0 Å². The summed E-state index contributed by atoms with van der Waals surface area (Å²) in [5, 5.41) is 0.0251. The van der Waals surface area contributed by atoms with Gasteiger partial charge in [0.1, 0.15) is 4.84 Å². The van der Waals surface area contributed by atoms with E-state index in [1.165, 1.54) is 0 Å². The van der Waals surface area contributed by atoms with Crippen molar-refractivity contribution in [3.63, 3.8) is 0 Å². The van der Waals surface area contributed by atoms with Crippen LogP contribution in [-0.2, 0) is 0 Å². The summed E-state index contributed by atoms with van der Waals surface area (Å²) in [5.41, 5.74) is 0.198. The van der Waals surface area contributed by atoms with Gasteiger partial charge in [-0.3, -0.25) is 0 Å². The fraction of sp³-hybridized carbons (Fsp3) is 0.333. The van der Waals surface area contributed by atoms with Crippen LogP contribution in [0.2, 0.25) is 0 Å². The number of halogens is 5. The number of hydrogen-bond acceptors (Lipinski definition) is 0. The van der Waals surface area contributed by atoms with E-state index in [0.29, 0.717) is 0 Å². The first-order chi connectivity index (χ1) is 4.80. The fourth-order valence-electron chi connectivity index (χ4n) is 0.311. The molecule has 0 radical (unpaired) electrons. The zero-order valence-corrected chi connectivity index (χ0v) is 9.16. The molecule has 0 atom stereocenters. The van der Waals surface area contributed by atoms with Crippen molar-refractivity contribution in [2.45, 2.75) is 9.17 Å². The molecule has 64 valence electrons. The zero-order valence-electron chi connectivity index (χ0n) is 5.38. The molecule has 0 heterocycles. The lowest BCUT2D eigenvalue weighted by molar-refractivity contribution is 1.09. The molecule has 5 heteroatoms. The molecular formula is C6H5Cl5. The summed E-state index contributed by atoms with van der Waals surface area (Å²) in [5.74, 6) is 0. The standard InChI is InChI=1S/C6H5Cl5/c1-3(5(8)9)6(10,11)4(2)7/h5H,1-2H2. The molecule has 0 saturated heterocycles. The van der Waals surface area contributed by atoms with Crippen molar-refractivity contribution in [1.29, 1.82) is 0 Å². The van der Waals surface area contributed by atoms with Crippen molar-refractivity contribution in [1.82, 2.24) is 0 Å². The molecule has 0 rings (SSSR count). The molecule has 0 fully saturated rings. The van der Waals surface area contributed by atoms with Gasteiger partial charge in [0.05, 0.1) is 5.03 Å². The molecule has 0 amide bonds. The summed E-state index contributed by atoms with van der Waals surface area (Å²) in [6.45, 7) is 6.83. The van der Waals surface area contributed by atoms with Crippen molar-refractivity contribution < 1.29 is 0 Å². The summed E-state index contributed by atoms with van der Waals surface area (Å²) in [4.78, 5) is -0.861. The van der Waals surface area contributed by atoms with Crippen LogP contribution < -0.4 is 0 Å². The molecular weight excluding hydrogens is 249 g/mol. The van der Waals surface area contributed by atoms with Gasteiger partial charge in [0.15, 0.2) is 4.33 Å². The van der Waals surface area contributed by atoms with E-state index < -0.39 is 9.17 Å². The van der Waals surface area contributed by atoms with E-state index in [1.54, 1.807) is 0 Å². The molecule has 0 aliphatic rings. The lowest BCUT2D eigenvalue weighted by Gasteiger charge is -2.21. The van der Waals surface area contributed by atoms with Crippen LogP contribution in [0.15, 0.2) is 23.8 Å². The highest BCUT2D eigenvalue weighted by molar-refractivity contribution is 6.59. The van der Waals surface area contributed by atoms with Crippen LogP contribution in [0.25, 0.3) is 0 Å². The van der Waals surface area contributed by atoms with Crippen LogP contribution in [-0.4, -0.2) is 9.17 Å². The Hall–Kier alpha value is 0.930. The Labute approximate surface area is 90.7 Å². The Morgan fingerprint density at radius 2 is 1.55 bits per heavy atom. The predicted molar refractivity (Wildman–Crippen MR) is 54.1 cm³/mol. The number of allylic oxidation sites excluding steroid dienone is 2. The molecule has 0 aromatic carbocycles. The minimum absolute atomic E-state index is 0.0251. The van der Waals surface area contributed by atoms with Gasteiger partial charge >= 0.3 is 0 Å². The van der Waals surface area contributed by atoms with Crippen LogP contribution in [0.3, 0.4) is 0 Å². The molecule has 0 N–H and O–H groups in total. The van der Waals surface area contributed by atoms with Crippen LogP contribution in [0.5, 0.6) is 0 Å². The minimum Gasteiger partial charge on any atom is -0.100 e. The van der Waals surface area contributed by atoms with E-state index in [4.69, 9.17) is 58.0 Å². The Balaban J connectivity index is 4.56. The normalized spacial score (nSPS) is 11.8. The van der Waals surface area contributed by atoms with Gasteiger partial charge in [-0.15, -0.1) is 23.2 Å². The number of hydrogen-bond donors (Lipinski definition) is 0. The Bertz CT molecular complexity index is 181. The summed E-state index contributed by atoms with van der Waals surface area (Å²) >= 11 is 27.7. The van der Waals surface area contributed by atoms with Crippen LogP contribution >= 0.6 is 58.0 Å². The molecule has 0 nitrogen and oxygen atoms in total. The zero-order chi connectivity index (χ0) is 9.23. The molecule has 0 spiro atoms. The second-order valence-electron chi connectivity index (χ2n) is 1.81. The molecule has 11 heavy (non-hydrogen) atoms. The number of rotatable bonds is 3. The van der Waals surface area contributed by atoms with Crippen molar-refractivity contribution in [3.8, 4) is 0 Å². The van der Waals surface area contributed by atoms with E-state index >= 15 is 0 Å². The average Bonchev–Trinajstić information content (AvgIpc) is 1.85. The summed E-state index contributed by atoms with van der Waals surface area (Å²) < 4.78 is -1.46. The molecule has 0 saturated carbocycles. The van der Waals surface area contributed by atoms with Gasteiger partial charge in [-0.25, -0.2) is 0 Å². The van der Waals surface area contributed by atoms with Crippen LogP contribution in [0, 0.1) is 0 Å². The molecule has 0 bridgehead atoms. The predicted octanol–water partition coefficient (Wildman–Crippen LogP) is 4.27. The van der Waals surface area contributed by atoms with Gasteiger partial charge < -0.3 is 0 Å². The first kappa shape index (κ1) is 11.9. The van der Waals surface area contributed by atoms with E-state index in [-0.39, 0.29) is 10.6 Å². The summed E-state index contributed by atoms with van der Waals surface area (Å²) in [6.07, 6.45) is 0. The van der Waals surface area contributed by atoms with E-state index in [9.17, 15) is 0 Å². The van der Waals surface area contributed by atoms with Gasteiger partial charge in [0.2, 0.25) is 0 Å². The third kappa shape index (κ3) is 3.04. The van der Waals surface area contributed by atoms with Crippen LogP contribution in [0.4, 0.5) is 0 Å². The fourth-order valence-corrected chi connectivity index (χ4v) is 1.20. The van der Waals surface area contributed by atoms with E-state index in [2.05, 4.69) is 13.2 Å². The van der Waals surface area contributed by atoms with Crippen molar-refractivity contribution in [3.05, 3.63) is 23.8 Å². The highest BCUT2D eigenvalue weighted by Gasteiger charge is 2.33. The van der Waals surface area contributed by atoms with Crippen molar-refractivity contribution >= 4 is 58.0 Å². The lowest BCUT2D eigenvalue weighted by atomic mass is 10.2. The number of alkyl halides is 4. The largest absolute Gasteiger partial charge is 0.176 e. The SMILES string of the molecule is C=C(Cl)C(Cl)(Cl)C(=C)C(Cl)Cl. The monoisotopic (exact) mass is 252 g/mol. The molecule has 0 aromatic heterocycles. The minimum atomic E-state index is -1.46. The molecule has 0 aliphatic carbocycles. The molecule has 0 aliphatic heterocycles. The van der Waals surface area contributed by atoms with Gasteiger partial charge in [0, 0.05) is 0 Å². The first-order valence-corrected chi connectivity index (χ1v) is 4.51. The second kappa shape index (κ2) is 4.25. The van der Waals surface area contributed by atoms with Gasteiger partial charge in [0.25, 0.3) is 0 Å². The van der Waals surface area contributed by atoms with Gasteiger partial charge in [-0.1, -0.05) is 48.0 Å². The van der Waals surface area contributed by atoms with Gasteiger partial charge in [-0.2, -0.15) is 0 Å². The van der Waals surface area contributed by atoms with Crippen molar-refractivity contribution in [2.24, 2.45) is 0 Å². The summed E-state index contributed by atoms with van der Waals surface area (Å²) in [7, 11) is 0. The highest BCUT2D eigenvalue weighted by Crippen LogP contribution is 2.41. The maximum atomic E-state index is 5.68. The Morgan fingerprint density at radius 3 is 1.64 bits per heavy atom. The smallest absolute Gasteiger partial charge is 0.100 e. The van der Waals surface area contributed by atoms with E-state index in [1.807, 2.05) is 0 Å². The maximum absolute atomic E-state index is 5.68. The Morgan fingerprint density at radius 1 is 1.18 bits per heavy atom. The second-order valence-corrected chi connectivity index (χ2v) is 4.69. The third-order valence-corrected chi connectivity index (χ3v) is 2.95. The summed E-state index contributed by atoms with van der Waals surface area (Å²) in [6, 6.07) is 0. The van der Waals surface area contributed by atoms with E-state index in [0.717, 1.165) is 0 Å². The quantitative estimate of drug-likeness (QED) is 0.521. The lowest BCUT2D eigenvalue weighted by Crippen LogP contribution is -2.19. The molecule has 0 aromatic rings. The third-order valence-electron chi connectivity index (χ3n) is 1.01. The van der Waals surface area contributed by atoms with Crippen molar-refractivity contribution in [2.75, 3.05) is 0 Å². The average molecular weight is 254 g/mol. The maximum Gasteiger partial charge on any atom is 0.176 e. The first-order valence-electron chi connectivity index (χ1n) is 2.50. The highest BCUT2D eigenvalue weighted by atomic mass is 35.5. The molecule has 0 unspecified atom stereocenters. The Kier molecular flexibility index (Phi) is 4.61. The van der Waals surface area contributed by atoms with Gasteiger partial charge in [-0.05, 0) is 5.57 Å².